The van der Waals surface area contributed by atoms with Crippen molar-refractivity contribution in [2.45, 2.75) is 72.3 Å². The summed E-state index contributed by atoms with van der Waals surface area (Å²) in [6, 6.07) is 3.09. The van der Waals surface area contributed by atoms with Gasteiger partial charge in [-0.1, -0.05) is 20.3 Å². The Kier molecular flexibility index (Phi) is 5.01. The normalized spacial score (nSPS) is 23.6. The second-order valence-electron chi connectivity index (χ2n) is 7.01. The van der Waals surface area contributed by atoms with Gasteiger partial charge in [0, 0.05) is 6.04 Å². The van der Waals surface area contributed by atoms with Crippen LogP contribution in [0.25, 0.3) is 0 Å². The van der Waals surface area contributed by atoms with Crippen LogP contribution in [-0.4, -0.2) is 12.6 Å². The van der Waals surface area contributed by atoms with Gasteiger partial charge in [0.15, 0.2) is 0 Å². The van der Waals surface area contributed by atoms with Gasteiger partial charge in [0.2, 0.25) is 0 Å². The smallest absolute Gasteiger partial charge is 0.0683 e. The summed E-state index contributed by atoms with van der Waals surface area (Å²) in [5, 5.41) is 12.6. The van der Waals surface area contributed by atoms with Crippen LogP contribution in [0.4, 0.5) is 0 Å². The van der Waals surface area contributed by atoms with Crippen LogP contribution in [0.1, 0.15) is 66.2 Å². The summed E-state index contributed by atoms with van der Waals surface area (Å²) in [4.78, 5) is 0. The van der Waals surface area contributed by atoms with Gasteiger partial charge in [-0.2, -0.15) is 5.26 Å². The number of nitrogens with one attached hydrogen (secondary N) is 1. The Balaban J connectivity index is 2.04. The molecule has 1 atom stereocenters. The van der Waals surface area contributed by atoms with E-state index in [9.17, 15) is 0 Å². The van der Waals surface area contributed by atoms with Crippen LogP contribution in [0, 0.1) is 22.2 Å². The fraction of sp³-hybridized carbons (Fsp3) is 0.933. The summed E-state index contributed by atoms with van der Waals surface area (Å²) in [6.45, 7) is 9.90. The molecule has 0 saturated heterocycles. The molecule has 1 N–H and O–H groups in total. The minimum Gasteiger partial charge on any atom is -0.314 e. The monoisotopic (exact) mass is 236 g/mol. The Morgan fingerprint density at radius 2 is 2.06 bits per heavy atom. The highest BCUT2D eigenvalue weighted by Gasteiger charge is 2.30. The van der Waals surface area contributed by atoms with Crippen molar-refractivity contribution in [3.8, 4) is 6.07 Å². The molecule has 1 rings (SSSR count). The van der Waals surface area contributed by atoms with Crippen LogP contribution in [0.2, 0.25) is 0 Å². The molecule has 98 valence electrons. The van der Waals surface area contributed by atoms with E-state index in [1.165, 1.54) is 25.7 Å². The molecule has 0 heterocycles. The first-order chi connectivity index (χ1) is 7.85. The van der Waals surface area contributed by atoms with Crippen molar-refractivity contribution >= 4 is 0 Å². The molecule has 0 amide bonds. The summed E-state index contributed by atoms with van der Waals surface area (Å²) < 4.78 is 0. The summed E-state index contributed by atoms with van der Waals surface area (Å²) in [6.07, 6.45) is 7.37. The van der Waals surface area contributed by atoms with Gasteiger partial charge in [-0.3, -0.25) is 0 Å². The first-order valence-corrected chi connectivity index (χ1v) is 6.99. The maximum absolute atomic E-state index is 8.92. The standard InChI is InChI=1S/C15H28N2/c1-14(2)9-7-13(11-14)17-10-6-5-8-15(3,4)12-16/h13,17H,5-11H2,1-4H3. The van der Waals surface area contributed by atoms with E-state index in [1.807, 2.05) is 13.8 Å². The maximum Gasteiger partial charge on any atom is 0.0683 e. The van der Waals surface area contributed by atoms with Crippen molar-refractivity contribution < 1.29 is 0 Å². The zero-order valence-corrected chi connectivity index (χ0v) is 12.0. The summed E-state index contributed by atoms with van der Waals surface area (Å²) in [7, 11) is 0. The molecule has 17 heavy (non-hydrogen) atoms. The number of nitrogens with zero attached hydrogens (tertiary/aromatic N) is 1. The summed E-state index contributed by atoms with van der Waals surface area (Å²) in [5.74, 6) is 0. The Morgan fingerprint density at radius 3 is 2.59 bits per heavy atom. The molecule has 0 radical (unpaired) electrons. The summed E-state index contributed by atoms with van der Waals surface area (Å²) >= 11 is 0. The van der Waals surface area contributed by atoms with Crippen LogP contribution >= 0.6 is 0 Å². The first-order valence-electron chi connectivity index (χ1n) is 6.99. The Hall–Kier alpha value is -0.550. The molecule has 0 spiro atoms. The zero-order chi connectivity index (χ0) is 12.9. The SMILES string of the molecule is CC(C)(C#N)CCCCNC1CCC(C)(C)C1. The predicted molar refractivity (Wildman–Crippen MR) is 72.7 cm³/mol. The lowest BCUT2D eigenvalue weighted by Gasteiger charge is -2.18. The van der Waals surface area contributed by atoms with E-state index >= 15 is 0 Å². The molecule has 1 aliphatic rings. The average Bonchev–Trinajstić information content (AvgIpc) is 2.58. The molecular formula is C15H28N2. The van der Waals surface area contributed by atoms with Crippen molar-refractivity contribution in [3.63, 3.8) is 0 Å². The van der Waals surface area contributed by atoms with Gasteiger partial charge in [0.25, 0.3) is 0 Å². The van der Waals surface area contributed by atoms with E-state index in [1.54, 1.807) is 0 Å². The van der Waals surface area contributed by atoms with Gasteiger partial charge in [-0.15, -0.1) is 0 Å². The molecule has 1 saturated carbocycles. The van der Waals surface area contributed by atoms with Gasteiger partial charge in [-0.05, 0) is 57.9 Å². The highest BCUT2D eigenvalue weighted by molar-refractivity contribution is 4.91. The zero-order valence-electron chi connectivity index (χ0n) is 12.0. The second-order valence-corrected chi connectivity index (χ2v) is 7.01. The van der Waals surface area contributed by atoms with Crippen LogP contribution in [0.5, 0.6) is 0 Å². The van der Waals surface area contributed by atoms with Gasteiger partial charge in [0.05, 0.1) is 11.5 Å². The molecule has 1 fully saturated rings. The van der Waals surface area contributed by atoms with Crippen LogP contribution in [0.15, 0.2) is 0 Å². The Bertz CT molecular complexity index is 273. The van der Waals surface area contributed by atoms with Crippen molar-refractivity contribution in [1.29, 1.82) is 5.26 Å². The first kappa shape index (κ1) is 14.5. The molecule has 0 bridgehead atoms. The third-order valence-corrected chi connectivity index (χ3v) is 3.93. The number of nitriles is 1. The summed E-state index contributed by atoms with van der Waals surface area (Å²) in [5.41, 5.74) is 0.399. The second kappa shape index (κ2) is 5.87. The molecule has 2 nitrogen and oxygen atoms in total. The lowest BCUT2D eigenvalue weighted by atomic mass is 9.89. The molecule has 0 aromatic carbocycles. The van der Waals surface area contributed by atoms with Crippen molar-refractivity contribution in [3.05, 3.63) is 0 Å². The molecule has 2 heteroatoms. The molecule has 1 aliphatic carbocycles. The fourth-order valence-corrected chi connectivity index (χ4v) is 2.66. The third-order valence-electron chi connectivity index (χ3n) is 3.93. The fourth-order valence-electron chi connectivity index (χ4n) is 2.66. The van der Waals surface area contributed by atoms with Gasteiger partial charge < -0.3 is 5.32 Å². The molecule has 0 aromatic rings. The van der Waals surface area contributed by atoms with E-state index in [0.29, 0.717) is 5.41 Å². The van der Waals surface area contributed by atoms with Crippen LogP contribution in [0.3, 0.4) is 0 Å². The molecular weight excluding hydrogens is 208 g/mol. The number of hydrogen-bond donors (Lipinski definition) is 1. The number of rotatable bonds is 6. The average molecular weight is 236 g/mol. The van der Waals surface area contributed by atoms with E-state index in [-0.39, 0.29) is 5.41 Å². The minimum atomic E-state index is -0.144. The van der Waals surface area contributed by atoms with E-state index < -0.39 is 0 Å². The number of hydrogen-bond acceptors (Lipinski definition) is 2. The largest absolute Gasteiger partial charge is 0.314 e. The van der Waals surface area contributed by atoms with E-state index in [0.717, 1.165) is 25.4 Å². The highest BCUT2D eigenvalue weighted by atomic mass is 14.9. The highest BCUT2D eigenvalue weighted by Crippen LogP contribution is 2.36. The van der Waals surface area contributed by atoms with Crippen LogP contribution in [-0.2, 0) is 0 Å². The number of unbranched alkanes of at least 4 members (excludes halogenated alkanes) is 1. The van der Waals surface area contributed by atoms with E-state index in [2.05, 4.69) is 25.2 Å². The third kappa shape index (κ3) is 5.55. The molecule has 1 unspecified atom stereocenters. The molecule has 0 aliphatic heterocycles. The topological polar surface area (TPSA) is 35.8 Å². The predicted octanol–water partition coefficient (Wildman–Crippen LogP) is 3.87. The van der Waals surface area contributed by atoms with Crippen molar-refractivity contribution in [2.24, 2.45) is 10.8 Å². The lowest BCUT2D eigenvalue weighted by molar-refractivity contribution is 0.361. The van der Waals surface area contributed by atoms with E-state index in [4.69, 9.17) is 5.26 Å². The van der Waals surface area contributed by atoms with Gasteiger partial charge in [0.1, 0.15) is 0 Å². The Labute approximate surface area is 107 Å². The van der Waals surface area contributed by atoms with Crippen LogP contribution < -0.4 is 5.32 Å². The van der Waals surface area contributed by atoms with Crippen molar-refractivity contribution in [2.75, 3.05) is 6.54 Å². The quantitative estimate of drug-likeness (QED) is 0.710. The van der Waals surface area contributed by atoms with Gasteiger partial charge in [-0.25, -0.2) is 0 Å². The Morgan fingerprint density at radius 1 is 1.35 bits per heavy atom. The maximum atomic E-state index is 8.92. The van der Waals surface area contributed by atoms with Crippen molar-refractivity contribution in [1.82, 2.24) is 5.32 Å². The minimum absolute atomic E-state index is 0.144. The molecule has 0 aromatic heterocycles. The van der Waals surface area contributed by atoms with Gasteiger partial charge >= 0.3 is 0 Å². The lowest BCUT2D eigenvalue weighted by Crippen LogP contribution is -2.28.